The van der Waals surface area contributed by atoms with Gasteiger partial charge in [-0.05, 0) is 0 Å². The van der Waals surface area contributed by atoms with E-state index in [2.05, 4.69) is 12.3 Å². The molecule has 1 aliphatic rings. The molecule has 1 aliphatic heterocycles. The molecule has 0 aromatic carbocycles. The molecule has 0 aliphatic carbocycles. The Labute approximate surface area is 53.2 Å². The summed E-state index contributed by atoms with van der Waals surface area (Å²) in [6.45, 7) is 3.72. The maximum absolute atomic E-state index is 3.72. The molecule has 1 heterocycles. The van der Waals surface area contributed by atoms with Gasteiger partial charge in [-0.1, -0.05) is 37.0 Å². The predicted molar refractivity (Wildman–Crippen MR) is 39.5 cm³/mol. The molecule has 0 bridgehead atoms. The molecule has 1 rings (SSSR count). The normalized spacial score (nSPS) is 23.0. The molecule has 0 aromatic rings. The van der Waals surface area contributed by atoms with Crippen molar-refractivity contribution in [2.45, 2.75) is 31.4 Å². The van der Waals surface area contributed by atoms with Gasteiger partial charge in [-0.25, -0.2) is 0 Å². The van der Waals surface area contributed by atoms with Crippen molar-refractivity contribution in [3.63, 3.8) is 0 Å². The van der Waals surface area contributed by atoms with Crippen LogP contribution in [0.1, 0.15) is 19.3 Å². The fourth-order valence-corrected chi connectivity index (χ4v) is 3.57. The fraction of sp³-hybridized carbons (Fsp3) is 0.714. The predicted octanol–water partition coefficient (Wildman–Crippen LogP) is 1.93. The van der Waals surface area contributed by atoms with Crippen molar-refractivity contribution in [2.75, 3.05) is 0 Å². The zero-order valence-corrected chi connectivity index (χ0v) is 6.47. The highest BCUT2D eigenvalue weighted by Crippen LogP contribution is 2.18. The van der Waals surface area contributed by atoms with Crippen molar-refractivity contribution in [3.05, 3.63) is 12.3 Å². The topological polar surface area (TPSA) is 0 Å². The highest BCUT2D eigenvalue weighted by molar-refractivity contribution is 6.62. The third-order valence-electron chi connectivity index (χ3n) is 1.89. The highest BCUT2D eigenvalue weighted by atomic mass is 28.3. The third kappa shape index (κ3) is 1.48. The van der Waals surface area contributed by atoms with E-state index in [1.807, 2.05) is 0 Å². The minimum Gasteiger partial charge on any atom is -0.100 e. The first-order valence-corrected chi connectivity index (χ1v) is 5.67. The zero-order valence-electron chi connectivity index (χ0n) is 5.32. The van der Waals surface area contributed by atoms with Crippen LogP contribution in [-0.2, 0) is 0 Å². The van der Waals surface area contributed by atoms with Crippen LogP contribution in [0.25, 0.3) is 0 Å². The largest absolute Gasteiger partial charge is 0.100 e. The summed E-state index contributed by atoms with van der Waals surface area (Å²) in [7, 11) is -0.466. The molecule has 0 saturated carbocycles. The van der Waals surface area contributed by atoms with Crippen LogP contribution in [0, 0.1) is 5.70 Å². The Bertz CT molecular complexity index is 72.5. The van der Waals surface area contributed by atoms with Crippen LogP contribution >= 0.6 is 0 Å². The van der Waals surface area contributed by atoms with Crippen LogP contribution in [0.5, 0.6) is 0 Å². The van der Waals surface area contributed by atoms with Crippen LogP contribution in [0.3, 0.4) is 0 Å². The molecule has 0 atom stereocenters. The first kappa shape index (κ1) is 6.08. The van der Waals surface area contributed by atoms with Crippen molar-refractivity contribution >= 4 is 8.80 Å². The molecular formula is C7H13Si. The first-order chi connectivity index (χ1) is 3.93. The van der Waals surface area contributed by atoms with E-state index in [1.165, 1.54) is 31.4 Å². The maximum Gasteiger partial charge on any atom is 0.0698 e. The summed E-state index contributed by atoms with van der Waals surface area (Å²) < 4.78 is 0. The Kier molecular flexibility index (Phi) is 2.34. The number of hydrogen-bond acceptors (Lipinski definition) is 0. The molecule has 1 heteroatoms. The molecule has 45 valence electrons. The fourth-order valence-electron chi connectivity index (χ4n) is 1.31. The van der Waals surface area contributed by atoms with Crippen molar-refractivity contribution in [1.29, 1.82) is 0 Å². The molecule has 0 amide bonds. The summed E-state index contributed by atoms with van der Waals surface area (Å²) in [5.41, 5.74) is 3.19. The van der Waals surface area contributed by atoms with E-state index in [0.717, 1.165) is 0 Å². The Morgan fingerprint density at radius 3 is 2.12 bits per heavy atom. The quantitative estimate of drug-likeness (QED) is 0.470. The Hall–Kier alpha value is -0.0431. The second kappa shape index (κ2) is 3.08. The lowest BCUT2D eigenvalue weighted by Gasteiger charge is -2.14. The van der Waals surface area contributed by atoms with Gasteiger partial charge >= 0.3 is 0 Å². The van der Waals surface area contributed by atoms with E-state index in [1.54, 1.807) is 0 Å². The van der Waals surface area contributed by atoms with Gasteiger partial charge in [0, 0.05) is 0 Å². The zero-order chi connectivity index (χ0) is 5.82. The second-order valence-electron chi connectivity index (χ2n) is 2.54. The molecule has 0 spiro atoms. The Morgan fingerprint density at radius 2 is 1.75 bits per heavy atom. The lowest BCUT2D eigenvalue weighted by molar-refractivity contribution is 0.726. The van der Waals surface area contributed by atoms with Gasteiger partial charge in [0.05, 0.1) is 8.80 Å². The van der Waals surface area contributed by atoms with Gasteiger partial charge in [0.15, 0.2) is 0 Å². The van der Waals surface area contributed by atoms with Gasteiger partial charge in [0.25, 0.3) is 0 Å². The average Bonchev–Trinajstić information content (AvgIpc) is 1.90. The Morgan fingerprint density at radius 1 is 1.12 bits per heavy atom. The highest BCUT2D eigenvalue weighted by Gasteiger charge is 2.10. The lowest BCUT2D eigenvalue weighted by Crippen LogP contribution is -2.12. The molecule has 1 fully saturated rings. The van der Waals surface area contributed by atoms with Crippen molar-refractivity contribution in [2.24, 2.45) is 0 Å². The van der Waals surface area contributed by atoms with Gasteiger partial charge in [-0.15, -0.1) is 6.58 Å². The van der Waals surface area contributed by atoms with E-state index in [-0.39, 0.29) is 0 Å². The third-order valence-corrected chi connectivity index (χ3v) is 4.68. The first-order valence-electron chi connectivity index (χ1n) is 3.46. The second-order valence-corrected chi connectivity index (χ2v) is 5.50. The molecule has 0 aromatic heterocycles. The van der Waals surface area contributed by atoms with E-state index >= 15 is 0 Å². The molecule has 1 saturated heterocycles. The molecule has 8 heavy (non-hydrogen) atoms. The van der Waals surface area contributed by atoms with Crippen LogP contribution in [0.4, 0.5) is 0 Å². The van der Waals surface area contributed by atoms with Crippen LogP contribution < -0.4 is 0 Å². The summed E-state index contributed by atoms with van der Waals surface area (Å²) in [5, 5.41) is 0. The molecule has 0 unspecified atom stereocenters. The maximum atomic E-state index is 3.72. The van der Waals surface area contributed by atoms with Crippen molar-refractivity contribution < 1.29 is 0 Å². The van der Waals surface area contributed by atoms with Crippen molar-refractivity contribution in [1.82, 2.24) is 0 Å². The van der Waals surface area contributed by atoms with Gasteiger partial charge in [-0.3, -0.25) is 0 Å². The lowest BCUT2D eigenvalue weighted by atomic mass is 10.3. The summed E-state index contributed by atoms with van der Waals surface area (Å²) >= 11 is 0. The van der Waals surface area contributed by atoms with Crippen LogP contribution in [0.2, 0.25) is 12.1 Å². The summed E-state index contributed by atoms with van der Waals surface area (Å²) in [5.74, 6) is 0. The standard InChI is InChI=1S/C7H13Si/c1-2-8-6-4-3-5-7-8/h8H,1,3-7H2. The molecule has 0 nitrogen and oxygen atoms in total. The molecule has 0 N–H and O–H groups in total. The monoisotopic (exact) mass is 125 g/mol. The summed E-state index contributed by atoms with van der Waals surface area (Å²) in [4.78, 5) is 0. The van der Waals surface area contributed by atoms with E-state index in [0.29, 0.717) is 0 Å². The Balaban J connectivity index is 2.22. The van der Waals surface area contributed by atoms with E-state index in [4.69, 9.17) is 0 Å². The van der Waals surface area contributed by atoms with Gasteiger partial charge in [0.1, 0.15) is 0 Å². The summed E-state index contributed by atoms with van der Waals surface area (Å²) in [6, 6.07) is 2.95. The smallest absolute Gasteiger partial charge is 0.0698 e. The SMILES string of the molecule is C=[C][SiH]1CCCCC1. The van der Waals surface area contributed by atoms with Crippen molar-refractivity contribution in [3.8, 4) is 0 Å². The number of rotatable bonds is 1. The van der Waals surface area contributed by atoms with Gasteiger partial charge in [0.2, 0.25) is 0 Å². The number of hydrogen-bond donors (Lipinski definition) is 0. The van der Waals surface area contributed by atoms with Gasteiger partial charge < -0.3 is 0 Å². The minimum atomic E-state index is -0.466. The average molecular weight is 125 g/mol. The van der Waals surface area contributed by atoms with Gasteiger partial charge in [-0.2, -0.15) is 0 Å². The molecule has 1 radical (unpaired) electrons. The minimum absolute atomic E-state index is 0.466. The van der Waals surface area contributed by atoms with E-state index in [9.17, 15) is 0 Å². The van der Waals surface area contributed by atoms with Crippen LogP contribution in [-0.4, -0.2) is 8.80 Å². The molecular weight excluding hydrogens is 112 g/mol. The summed E-state index contributed by atoms with van der Waals surface area (Å²) in [6.07, 6.45) is 4.38. The van der Waals surface area contributed by atoms with Crippen LogP contribution in [0.15, 0.2) is 6.58 Å². The van der Waals surface area contributed by atoms with E-state index < -0.39 is 8.80 Å².